The maximum Gasteiger partial charge on any atom is 0.303 e. The lowest BCUT2D eigenvalue weighted by molar-refractivity contribution is -0.137. The lowest BCUT2D eigenvalue weighted by atomic mass is 9.98. The predicted octanol–water partition coefficient (Wildman–Crippen LogP) is 4.49. The molecule has 0 aliphatic rings. The second-order valence-electron chi connectivity index (χ2n) is 6.11. The van der Waals surface area contributed by atoms with E-state index in [1.165, 1.54) is 44.9 Å². The van der Waals surface area contributed by atoms with E-state index in [2.05, 4.69) is 6.92 Å². The molecular formula is C18H39NO3. The first-order chi connectivity index (χ1) is 10.5. The maximum absolute atomic E-state index is 10.2. The number of rotatable bonds is 13. The van der Waals surface area contributed by atoms with Crippen molar-refractivity contribution in [3.63, 3.8) is 0 Å². The van der Waals surface area contributed by atoms with Gasteiger partial charge in [-0.25, -0.2) is 0 Å². The van der Waals surface area contributed by atoms with Crippen LogP contribution in [0, 0.1) is 0 Å². The molecule has 0 aromatic carbocycles. The van der Waals surface area contributed by atoms with Crippen molar-refractivity contribution in [1.29, 1.82) is 0 Å². The number of carbonyl (C=O) groups is 1. The predicted molar refractivity (Wildman–Crippen MR) is 94.1 cm³/mol. The maximum atomic E-state index is 10.2. The van der Waals surface area contributed by atoms with Gasteiger partial charge in [0.2, 0.25) is 0 Å². The lowest BCUT2D eigenvalue weighted by Crippen LogP contribution is -2.35. The van der Waals surface area contributed by atoms with Crippen LogP contribution in [0.15, 0.2) is 0 Å². The summed E-state index contributed by atoms with van der Waals surface area (Å²) in [6.45, 7) is 6.48. The standard InChI is InChI=1S/C12H24O2.C6H15NO/c1-2-3-4-5-6-7-8-9-10-11-12(13)14;1-3-6(8,4-2)5-7/h2-11H2,1H3,(H,13,14);8H,3-5,7H2,1-2H3. The van der Waals surface area contributed by atoms with Gasteiger partial charge in [0.25, 0.3) is 0 Å². The molecule has 0 bridgehead atoms. The molecule has 0 aliphatic carbocycles. The molecule has 0 atom stereocenters. The monoisotopic (exact) mass is 317 g/mol. The summed E-state index contributed by atoms with van der Waals surface area (Å²) in [7, 11) is 0. The Morgan fingerprint density at radius 2 is 1.27 bits per heavy atom. The Hall–Kier alpha value is -0.610. The minimum atomic E-state index is -0.659. The number of hydrogen-bond donors (Lipinski definition) is 3. The van der Waals surface area contributed by atoms with Gasteiger partial charge in [-0.3, -0.25) is 4.79 Å². The SMILES string of the molecule is CCC(O)(CC)CN.CCCCCCCCCCCC(=O)O. The van der Waals surface area contributed by atoms with Gasteiger partial charge in [0, 0.05) is 13.0 Å². The van der Waals surface area contributed by atoms with E-state index >= 15 is 0 Å². The average molecular weight is 318 g/mol. The van der Waals surface area contributed by atoms with E-state index in [0.29, 0.717) is 13.0 Å². The van der Waals surface area contributed by atoms with Gasteiger partial charge < -0.3 is 15.9 Å². The molecule has 0 unspecified atom stereocenters. The summed E-state index contributed by atoms with van der Waals surface area (Å²) < 4.78 is 0. The van der Waals surface area contributed by atoms with Gasteiger partial charge in [-0.15, -0.1) is 0 Å². The molecule has 4 nitrogen and oxygen atoms in total. The molecule has 0 aromatic rings. The van der Waals surface area contributed by atoms with Crippen molar-refractivity contribution < 1.29 is 15.0 Å². The number of carboxylic acid groups (broad SMARTS) is 1. The Morgan fingerprint density at radius 1 is 0.864 bits per heavy atom. The molecule has 0 spiro atoms. The van der Waals surface area contributed by atoms with Gasteiger partial charge in [-0.2, -0.15) is 0 Å². The molecule has 4 N–H and O–H groups in total. The topological polar surface area (TPSA) is 83.5 Å². The normalized spacial score (nSPS) is 11.0. The first-order valence-electron chi connectivity index (χ1n) is 9.10. The van der Waals surface area contributed by atoms with Crippen LogP contribution in [-0.4, -0.2) is 28.3 Å². The molecule has 0 radical (unpaired) electrons. The summed E-state index contributed by atoms with van der Waals surface area (Å²) in [5, 5.41) is 17.7. The van der Waals surface area contributed by atoms with Crippen molar-refractivity contribution in [2.24, 2.45) is 5.73 Å². The fourth-order valence-electron chi connectivity index (χ4n) is 2.13. The first-order valence-corrected chi connectivity index (χ1v) is 9.10. The van der Waals surface area contributed by atoms with Gasteiger partial charge in [0.1, 0.15) is 0 Å². The number of hydrogen-bond acceptors (Lipinski definition) is 3. The molecular weight excluding hydrogens is 278 g/mol. The van der Waals surface area contributed by atoms with Crippen molar-refractivity contribution in [3.8, 4) is 0 Å². The fourth-order valence-corrected chi connectivity index (χ4v) is 2.13. The average Bonchev–Trinajstić information content (AvgIpc) is 2.53. The van der Waals surface area contributed by atoms with Crippen LogP contribution in [0.2, 0.25) is 0 Å². The van der Waals surface area contributed by atoms with E-state index in [1.54, 1.807) is 0 Å². The van der Waals surface area contributed by atoms with E-state index in [9.17, 15) is 9.90 Å². The molecule has 0 saturated heterocycles. The zero-order valence-electron chi connectivity index (χ0n) is 15.1. The van der Waals surface area contributed by atoms with Crippen LogP contribution >= 0.6 is 0 Å². The van der Waals surface area contributed by atoms with Crippen LogP contribution in [0.25, 0.3) is 0 Å². The largest absolute Gasteiger partial charge is 0.481 e. The molecule has 0 heterocycles. The van der Waals surface area contributed by atoms with E-state index in [1.807, 2.05) is 13.8 Å². The van der Waals surface area contributed by atoms with Crippen molar-refractivity contribution in [1.82, 2.24) is 0 Å². The molecule has 0 amide bonds. The highest BCUT2D eigenvalue weighted by atomic mass is 16.4. The number of carboxylic acids is 1. The second-order valence-corrected chi connectivity index (χ2v) is 6.11. The third-order valence-corrected chi connectivity index (χ3v) is 4.19. The fraction of sp³-hybridized carbons (Fsp3) is 0.944. The molecule has 0 aromatic heterocycles. The quantitative estimate of drug-likeness (QED) is 0.437. The van der Waals surface area contributed by atoms with E-state index < -0.39 is 11.6 Å². The van der Waals surface area contributed by atoms with Gasteiger partial charge in [-0.05, 0) is 19.3 Å². The Balaban J connectivity index is 0. The lowest BCUT2D eigenvalue weighted by Gasteiger charge is -2.21. The third kappa shape index (κ3) is 17.4. The van der Waals surface area contributed by atoms with E-state index in [0.717, 1.165) is 25.7 Å². The number of nitrogens with two attached hydrogens (primary N) is 1. The Labute approximate surface area is 137 Å². The highest BCUT2D eigenvalue weighted by Gasteiger charge is 2.18. The summed E-state index contributed by atoms with van der Waals surface area (Å²) in [5.74, 6) is -0.659. The van der Waals surface area contributed by atoms with Gasteiger partial charge in [0.05, 0.1) is 5.60 Å². The third-order valence-electron chi connectivity index (χ3n) is 4.19. The highest BCUT2D eigenvalue weighted by Crippen LogP contribution is 2.11. The van der Waals surface area contributed by atoms with Crippen LogP contribution in [0.5, 0.6) is 0 Å². The highest BCUT2D eigenvalue weighted by molar-refractivity contribution is 5.66. The molecule has 0 aliphatic heterocycles. The Kier molecular flexibility index (Phi) is 18.0. The second kappa shape index (κ2) is 16.8. The minimum absolute atomic E-state index is 0.343. The van der Waals surface area contributed by atoms with Crippen molar-refractivity contribution >= 4 is 5.97 Å². The summed E-state index contributed by atoms with van der Waals surface area (Å²) in [6, 6.07) is 0. The zero-order chi connectivity index (χ0) is 17.3. The molecule has 134 valence electrons. The van der Waals surface area contributed by atoms with E-state index in [4.69, 9.17) is 10.8 Å². The zero-order valence-corrected chi connectivity index (χ0v) is 15.1. The molecule has 4 heteroatoms. The number of aliphatic carboxylic acids is 1. The molecule has 0 saturated carbocycles. The van der Waals surface area contributed by atoms with Crippen LogP contribution in [0.3, 0.4) is 0 Å². The number of aliphatic hydroxyl groups is 1. The van der Waals surface area contributed by atoms with Crippen molar-refractivity contribution in [2.45, 2.75) is 103 Å². The van der Waals surface area contributed by atoms with Gasteiger partial charge in [0.15, 0.2) is 0 Å². The smallest absolute Gasteiger partial charge is 0.303 e. The summed E-state index contributed by atoms with van der Waals surface area (Å²) in [6.07, 6.45) is 13.0. The summed E-state index contributed by atoms with van der Waals surface area (Å²) >= 11 is 0. The van der Waals surface area contributed by atoms with Crippen LogP contribution in [-0.2, 0) is 4.79 Å². The Bertz CT molecular complexity index is 232. The summed E-state index contributed by atoms with van der Waals surface area (Å²) in [5.41, 5.74) is 4.68. The van der Waals surface area contributed by atoms with Crippen LogP contribution in [0.1, 0.15) is 97.8 Å². The number of unbranched alkanes of at least 4 members (excludes halogenated alkanes) is 8. The van der Waals surface area contributed by atoms with Crippen LogP contribution < -0.4 is 5.73 Å². The Morgan fingerprint density at radius 3 is 1.55 bits per heavy atom. The van der Waals surface area contributed by atoms with E-state index in [-0.39, 0.29) is 0 Å². The first kappa shape index (κ1) is 23.7. The van der Waals surface area contributed by atoms with Gasteiger partial charge >= 0.3 is 5.97 Å². The molecule has 0 fully saturated rings. The molecule has 22 heavy (non-hydrogen) atoms. The summed E-state index contributed by atoms with van der Waals surface area (Å²) in [4.78, 5) is 10.2. The minimum Gasteiger partial charge on any atom is -0.481 e. The van der Waals surface area contributed by atoms with Gasteiger partial charge in [-0.1, -0.05) is 72.1 Å². The molecule has 0 rings (SSSR count). The van der Waals surface area contributed by atoms with Crippen LogP contribution in [0.4, 0.5) is 0 Å². The van der Waals surface area contributed by atoms with Crippen molar-refractivity contribution in [3.05, 3.63) is 0 Å². The van der Waals surface area contributed by atoms with Crippen molar-refractivity contribution in [2.75, 3.05) is 6.54 Å².